The Morgan fingerprint density at radius 2 is 2.19 bits per heavy atom. The topological polar surface area (TPSA) is 41.8 Å². The maximum Gasteiger partial charge on any atom is 0.127 e. The minimum Gasteiger partial charge on any atom is -0.497 e. The number of thiophene rings is 1. The zero-order chi connectivity index (χ0) is 11.4. The normalized spacial score (nSPS) is 11.4. The molecule has 1 heterocycles. The van der Waals surface area contributed by atoms with Gasteiger partial charge in [0.1, 0.15) is 11.5 Å². The lowest BCUT2D eigenvalue weighted by Crippen LogP contribution is -2.01. The second-order valence-corrected chi connectivity index (χ2v) is 4.11. The lowest BCUT2D eigenvalue weighted by Gasteiger charge is -2.04. The van der Waals surface area contributed by atoms with Crippen LogP contribution in [0.15, 0.2) is 46.9 Å². The Kier molecular flexibility index (Phi) is 3.22. The fourth-order valence-corrected chi connectivity index (χ4v) is 2.16. The third-order valence-electron chi connectivity index (χ3n) is 2.20. The zero-order valence-corrected chi connectivity index (χ0v) is 9.57. The lowest BCUT2D eigenvalue weighted by atomic mass is 10.1. The van der Waals surface area contributed by atoms with Gasteiger partial charge in [-0.25, -0.2) is 0 Å². The smallest absolute Gasteiger partial charge is 0.127 e. The number of ether oxygens (including phenoxy) is 1. The van der Waals surface area contributed by atoms with Gasteiger partial charge in [-0.3, -0.25) is 0 Å². The Labute approximate surface area is 97.6 Å². The second kappa shape index (κ2) is 4.81. The third-order valence-corrected chi connectivity index (χ3v) is 3.07. The number of rotatable bonds is 3. The summed E-state index contributed by atoms with van der Waals surface area (Å²) in [7, 11) is 1.61. The molecule has 1 aromatic carbocycles. The number of oxime groups is 1. The van der Waals surface area contributed by atoms with Crippen molar-refractivity contribution in [3.05, 3.63) is 52.2 Å². The quantitative estimate of drug-likeness (QED) is 0.503. The monoisotopic (exact) mass is 233 g/mol. The minimum absolute atomic E-state index is 0.564. The van der Waals surface area contributed by atoms with E-state index in [1.54, 1.807) is 7.11 Å². The highest BCUT2D eigenvalue weighted by atomic mass is 32.1. The van der Waals surface area contributed by atoms with Crippen LogP contribution in [0.4, 0.5) is 0 Å². The molecule has 2 aromatic rings. The molecule has 4 heteroatoms. The number of nitrogens with zero attached hydrogens (tertiary/aromatic N) is 1. The zero-order valence-electron chi connectivity index (χ0n) is 8.75. The van der Waals surface area contributed by atoms with Crippen LogP contribution in [0, 0.1) is 0 Å². The molecule has 1 aromatic heterocycles. The molecule has 0 aliphatic carbocycles. The Bertz CT molecular complexity index is 491. The molecule has 0 amide bonds. The Balaban J connectivity index is 2.42. The average molecular weight is 233 g/mol. The SMILES string of the molecule is COc1cccc(/C(=N\O)c2cccs2)c1. The number of hydrogen-bond acceptors (Lipinski definition) is 4. The van der Waals surface area contributed by atoms with Crippen LogP contribution in [0.5, 0.6) is 5.75 Å². The fourth-order valence-electron chi connectivity index (χ4n) is 1.43. The van der Waals surface area contributed by atoms with Crippen molar-refractivity contribution in [3.63, 3.8) is 0 Å². The molecule has 16 heavy (non-hydrogen) atoms. The van der Waals surface area contributed by atoms with Crippen molar-refractivity contribution in [2.24, 2.45) is 5.16 Å². The van der Waals surface area contributed by atoms with Crippen molar-refractivity contribution in [1.82, 2.24) is 0 Å². The highest BCUT2D eigenvalue weighted by Crippen LogP contribution is 2.19. The first kappa shape index (κ1) is 10.7. The van der Waals surface area contributed by atoms with Gasteiger partial charge in [-0.05, 0) is 23.6 Å². The first-order chi connectivity index (χ1) is 7.85. The summed E-state index contributed by atoms with van der Waals surface area (Å²) in [4.78, 5) is 0.927. The van der Waals surface area contributed by atoms with E-state index in [2.05, 4.69) is 5.16 Å². The van der Waals surface area contributed by atoms with Crippen LogP contribution >= 0.6 is 11.3 Å². The van der Waals surface area contributed by atoms with Gasteiger partial charge < -0.3 is 9.94 Å². The van der Waals surface area contributed by atoms with Crippen molar-refractivity contribution in [3.8, 4) is 5.75 Å². The summed E-state index contributed by atoms with van der Waals surface area (Å²) in [6.45, 7) is 0. The molecular formula is C12H11NO2S. The number of methoxy groups -OCH3 is 1. The van der Waals surface area contributed by atoms with E-state index in [0.29, 0.717) is 5.71 Å². The fraction of sp³-hybridized carbons (Fsp3) is 0.0833. The summed E-state index contributed by atoms with van der Waals surface area (Å²) < 4.78 is 5.13. The van der Waals surface area contributed by atoms with Crippen LogP contribution in [0.1, 0.15) is 10.4 Å². The van der Waals surface area contributed by atoms with Crippen molar-refractivity contribution in [2.45, 2.75) is 0 Å². The van der Waals surface area contributed by atoms with E-state index in [1.807, 2.05) is 41.8 Å². The molecule has 0 saturated heterocycles. The average Bonchev–Trinajstić information content (AvgIpc) is 2.84. The van der Waals surface area contributed by atoms with E-state index < -0.39 is 0 Å². The van der Waals surface area contributed by atoms with Crippen LogP contribution < -0.4 is 4.74 Å². The van der Waals surface area contributed by atoms with Gasteiger partial charge in [0.25, 0.3) is 0 Å². The highest BCUT2D eigenvalue weighted by Gasteiger charge is 2.09. The predicted octanol–water partition coefficient (Wildman–Crippen LogP) is 2.98. The molecule has 0 fully saturated rings. The van der Waals surface area contributed by atoms with Gasteiger partial charge in [0, 0.05) is 5.56 Å². The molecule has 1 N–H and O–H groups in total. The Morgan fingerprint density at radius 1 is 1.31 bits per heavy atom. The van der Waals surface area contributed by atoms with E-state index >= 15 is 0 Å². The van der Waals surface area contributed by atoms with Gasteiger partial charge in [0.15, 0.2) is 0 Å². The molecule has 82 valence electrons. The summed E-state index contributed by atoms with van der Waals surface area (Å²) in [5.74, 6) is 0.746. The largest absolute Gasteiger partial charge is 0.497 e. The number of hydrogen-bond donors (Lipinski definition) is 1. The lowest BCUT2D eigenvalue weighted by molar-refractivity contribution is 0.319. The van der Waals surface area contributed by atoms with Gasteiger partial charge in [0.2, 0.25) is 0 Å². The third kappa shape index (κ3) is 2.06. The molecular weight excluding hydrogens is 222 g/mol. The molecule has 0 bridgehead atoms. The Hall–Kier alpha value is -1.81. The second-order valence-electron chi connectivity index (χ2n) is 3.16. The molecule has 0 aliphatic heterocycles. The summed E-state index contributed by atoms with van der Waals surface area (Å²) >= 11 is 1.53. The van der Waals surface area contributed by atoms with Crippen molar-refractivity contribution in [1.29, 1.82) is 0 Å². The van der Waals surface area contributed by atoms with Gasteiger partial charge in [0.05, 0.1) is 12.0 Å². The van der Waals surface area contributed by atoms with Gasteiger partial charge >= 0.3 is 0 Å². The Morgan fingerprint density at radius 3 is 2.81 bits per heavy atom. The summed E-state index contributed by atoms with van der Waals surface area (Å²) in [6, 6.07) is 11.3. The van der Waals surface area contributed by atoms with Gasteiger partial charge in [-0.15, -0.1) is 11.3 Å². The minimum atomic E-state index is 0.564. The van der Waals surface area contributed by atoms with E-state index in [-0.39, 0.29) is 0 Å². The van der Waals surface area contributed by atoms with Crippen molar-refractivity contribution < 1.29 is 9.94 Å². The molecule has 0 saturated carbocycles. The van der Waals surface area contributed by atoms with E-state index in [1.165, 1.54) is 11.3 Å². The molecule has 0 unspecified atom stereocenters. The van der Waals surface area contributed by atoms with Crippen LogP contribution in [0.2, 0.25) is 0 Å². The number of benzene rings is 1. The molecule has 0 aliphatic rings. The predicted molar refractivity (Wildman–Crippen MR) is 64.7 cm³/mol. The summed E-state index contributed by atoms with van der Waals surface area (Å²) in [5.41, 5.74) is 1.40. The molecule has 3 nitrogen and oxygen atoms in total. The molecule has 0 radical (unpaired) electrons. The molecule has 2 rings (SSSR count). The van der Waals surface area contributed by atoms with E-state index in [9.17, 15) is 0 Å². The summed E-state index contributed by atoms with van der Waals surface area (Å²) in [6.07, 6.45) is 0. The van der Waals surface area contributed by atoms with E-state index in [0.717, 1.165) is 16.2 Å². The van der Waals surface area contributed by atoms with Crippen LogP contribution in [-0.4, -0.2) is 18.0 Å². The van der Waals surface area contributed by atoms with Crippen LogP contribution in [0.3, 0.4) is 0 Å². The summed E-state index contributed by atoms with van der Waals surface area (Å²) in [5, 5.41) is 14.4. The van der Waals surface area contributed by atoms with Gasteiger partial charge in [-0.1, -0.05) is 23.4 Å². The van der Waals surface area contributed by atoms with Gasteiger partial charge in [-0.2, -0.15) is 0 Å². The first-order valence-corrected chi connectivity index (χ1v) is 5.63. The first-order valence-electron chi connectivity index (χ1n) is 4.75. The molecule has 0 spiro atoms. The van der Waals surface area contributed by atoms with Crippen LogP contribution in [-0.2, 0) is 0 Å². The van der Waals surface area contributed by atoms with Crippen molar-refractivity contribution in [2.75, 3.05) is 7.11 Å². The highest BCUT2D eigenvalue weighted by molar-refractivity contribution is 7.12. The van der Waals surface area contributed by atoms with E-state index in [4.69, 9.17) is 9.94 Å². The van der Waals surface area contributed by atoms with Crippen LogP contribution in [0.25, 0.3) is 0 Å². The standard InChI is InChI=1S/C12H11NO2S/c1-15-10-5-2-4-9(8-10)12(13-14)11-6-3-7-16-11/h2-8,14H,1H3/b13-12+. The molecule has 0 atom stereocenters. The maximum atomic E-state index is 9.07. The maximum absolute atomic E-state index is 9.07. The van der Waals surface area contributed by atoms with Crippen molar-refractivity contribution >= 4 is 17.0 Å².